The van der Waals surface area contributed by atoms with E-state index in [0.717, 1.165) is 0 Å². The van der Waals surface area contributed by atoms with Gasteiger partial charge >= 0.3 is 5.97 Å². The number of halogens is 2. The van der Waals surface area contributed by atoms with Crippen LogP contribution in [0.25, 0.3) is 0 Å². The molecular formula is C25H28Cl2N2O5. The van der Waals surface area contributed by atoms with Gasteiger partial charge in [-0.3, -0.25) is 14.4 Å². The first-order valence-corrected chi connectivity index (χ1v) is 11.4. The molecule has 0 N–H and O–H groups in total. The summed E-state index contributed by atoms with van der Waals surface area (Å²) in [6.07, 6.45) is -0.179. The van der Waals surface area contributed by atoms with Crippen molar-refractivity contribution < 1.29 is 23.9 Å². The van der Waals surface area contributed by atoms with E-state index in [9.17, 15) is 19.2 Å². The molecule has 0 atom stereocenters. The zero-order chi connectivity index (χ0) is 25.6. The van der Waals surface area contributed by atoms with Crippen molar-refractivity contribution in [2.45, 2.75) is 45.8 Å². The van der Waals surface area contributed by atoms with E-state index in [1.165, 1.54) is 9.80 Å². The lowest BCUT2D eigenvalue weighted by Gasteiger charge is -2.25. The number of carbonyl (C=O) groups is 4. The topological polar surface area (TPSA) is 84.0 Å². The molecule has 2 amide bonds. The molecule has 2 aromatic carbocycles. The SMILES string of the molecule is CCC(C)(C)OC(=O)C(=O)CC(=O)N(Cc1ccc(Cl)c(Cl)c1)c1cccc(C(=O)N(C)C)c1. The Kier molecular flexibility index (Phi) is 9.24. The fourth-order valence-corrected chi connectivity index (χ4v) is 3.21. The lowest BCUT2D eigenvalue weighted by molar-refractivity contribution is -0.164. The molecule has 2 rings (SSSR count). The van der Waals surface area contributed by atoms with E-state index >= 15 is 0 Å². The Morgan fingerprint density at radius 1 is 0.971 bits per heavy atom. The van der Waals surface area contributed by atoms with Crippen LogP contribution in [0, 0.1) is 0 Å². The summed E-state index contributed by atoms with van der Waals surface area (Å²) in [5, 5.41) is 0.669. The van der Waals surface area contributed by atoms with Gasteiger partial charge in [-0.15, -0.1) is 0 Å². The summed E-state index contributed by atoms with van der Waals surface area (Å²) in [4.78, 5) is 53.1. The number of benzene rings is 2. The summed E-state index contributed by atoms with van der Waals surface area (Å²) in [5.41, 5.74) is 0.578. The standard InChI is InChI=1S/C25H28Cl2N2O5/c1-6-25(2,3)34-24(33)21(30)14-22(31)29(15-16-10-11-19(26)20(27)12-16)18-9-7-8-17(13-18)23(32)28(4)5/h7-13H,6,14-15H2,1-5H3. The van der Waals surface area contributed by atoms with Gasteiger partial charge in [-0.05, 0) is 56.2 Å². The van der Waals surface area contributed by atoms with E-state index in [2.05, 4.69) is 0 Å². The molecule has 2 aromatic rings. The quantitative estimate of drug-likeness (QED) is 0.273. The van der Waals surface area contributed by atoms with Crippen LogP contribution in [0.5, 0.6) is 0 Å². The molecule has 0 saturated heterocycles. The van der Waals surface area contributed by atoms with E-state index in [4.69, 9.17) is 27.9 Å². The Labute approximate surface area is 209 Å². The Balaban J connectivity index is 2.37. The van der Waals surface area contributed by atoms with Crippen LogP contribution in [0.2, 0.25) is 10.0 Å². The van der Waals surface area contributed by atoms with Crippen LogP contribution in [-0.2, 0) is 25.7 Å². The average molecular weight is 507 g/mol. The molecule has 7 nitrogen and oxygen atoms in total. The van der Waals surface area contributed by atoms with Gasteiger partial charge in [-0.1, -0.05) is 42.3 Å². The summed E-state index contributed by atoms with van der Waals surface area (Å²) in [6, 6.07) is 11.4. The fraction of sp³-hybridized carbons (Fsp3) is 0.360. The molecule has 0 fully saturated rings. The number of rotatable bonds is 9. The van der Waals surface area contributed by atoms with Crippen molar-refractivity contribution in [1.82, 2.24) is 4.90 Å². The predicted octanol–water partition coefficient (Wildman–Crippen LogP) is 4.92. The third-order valence-electron chi connectivity index (χ3n) is 5.20. The largest absolute Gasteiger partial charge is 0.454 e. The van der Waals surface area contributed by atoms with Gasteiger partial charge in [-0.2, -0.15) is 0 Å². The monoisotopic (exact) mass is 506 g/mol. The normalized spacial score (nSPS) is 11.0. The van der Waals surface area contributed by atoms with Crippen LogP contribution < -0.4 is 4.90 Å². The predicted molar refractivity (Wildman–Crippen MR) is 132 cm³/mol. The summed E-state index contributed by atoms with van der Waals surface area (Å²) in [5.74, 6) is -2.89. The molecule has 0 aliphatic rings. The molecule has 0 spiro atoms. The second-order valence-corrected chi connectivity index (χ2v) is 9.40. The second kappa shape index (κ2) is 11.5. The molecule has 0 unspecified atom stereocenters. The second-order valence-electron chi connectivity index (χ2n) is 8.58. The first-order chi connectivity index (χ1) is 15.8. The Morgan fingerprint density at radius 2 is 1.65 bits per heavy atom. The third-order valence-corrected chi connectivity index (χ3v) is 5.94. The van der Waals surface area contributed by atoms with Gasteiger partial charge < -0.3 is 14.5 Å². The van der Waals surface area contributed by atoms with E-state index in [1.54, 1.807) is 70.4 Å². The summed E-state index contributed by atoms with van der Waals surface area (Å²) >= 11 is 12.1. The molecule has 0 heterocycles. The number of amides is 2. The minimum atomic E-state index is -1.06. The van der Waals surface area contributed by atoms with E-state index in [1.807, 2.05) is 6.92 Å². The van der Waals surface area contributed by atoms with Gasteiger partial charge in [0.2, 0.25) is 11.7 Å². The van der Waals surface area contributed by atoms with Crippen LogP contribution in [0.15, 0.2) is 42.5 Å². The number of hydrogen-bond donors (Lipinski definition) is 0. The minimum Gasteiger partial charge on any atom is -0.454 e. The van der Waals surface area contributed by atoms with Crippen molar-refractivity contribution in [3.63, 3.8) is 0 Å². The zero-order valence-corrected chi connectivity index (χ0v) is 21.4. The lowest BCUT2D eigenvalue weighted by Crippen LogP contribution is -2.36. The number of esters is 1. The van der Waals surface area contributed by atoms with E-state index in [-0.39, 0.29) is 12.5 Å². The van der Waals surface area contributed by atoms with Crippen molar-refractivity contribution in [1.29, 1.82) is 0 Å². The number of anilines is 1. The highest BCUT2D eigenvalue weighted by atomic mass is 35.5. The van der Waals surface area contributed by atoms with Gasteiger partial charge in [0, 0.05) is 25.3 Å². The fourth-order valence-electron chi connectivity index (χ4n) is 2.89. The molecule has 0 aromatic heterocycles. The number of ketones is 1. The third kappa shape index (κ3) is 7.30. The number of carbonyl (C=O) groups excluding carboxylic acids is 4. The maximum absolute atomic E-state index is 13.2. The van der Waals surface area contributed by atoms with Crippen LogP contribution in [-0.4, -0.2) is 48.2 Å². The molecule has 182 valence electrons. The minimum absolute atomic E-state index is 0.0398. The summed E-state index contributed by atoms with van der Waals surface area (Å²) in [6.45, 7) is 5.23. The highest BCUT2D eigenvalue weighted by Crippen LogP contribution is 2.26. The summed E-state index contributed by atoms with van der Waals surface area (Å²) < 4.78 is 5.22. The van der Waals surface area contributed by atoms with Crippen LogP contribution in [0.4, 0.5) is 5.69 Å². The number of Topliss-reactive ketones (excluding diaryl/α,β-unsaturated/α-hetero) is 1. The van der Waals surface area contributed by atoms with Gasteiger partial charge in [0.05, 0.1) is 23.0 Å². The van der Waals surface area contributed by atoms with Crippen molar-refractivity contribution in [3.8, 4) is 0 Å². The Bertz CT molecular complexity index is 1100. The molecule has 0 saturated carbocycles. The van der Waals surface area contributed by atoms with Gasteiger partial charge in [0.25, 0.3) is 5.91 Å². The van der Waals surface area contributed by atoms with Gasteiger partial charge in [0.15, 0.2) is 0 Å². The van der Waals surface area contributed by atoms with Crippen molar-refractivity contribution in [3.05, 3.63) is 63.6 Å². The smallest absolute Gasteiger partial charge is 0.375 e. The molecule has 34 heavy (non-hydrogen) atoms. The number of ether oxygens (including phenoxy) is 1. The van der Waals surface area contributed by atoms with Crippen LogP contribution in [0.1, 0.15) is 49.5 Å². The molecule has 0 radical (unpaired) electrons. The zero-order valence-electron chi connectivity index (χ0n) is 19.9. The van der Waals surface area contributed by atoms with E-state index in [0.29, 0.717) is 33.3 Å². The summed E-state index contributed by atoms with van der Waals surface area (Å²) in [7, 11) is 3.24. The highest BCUT2D eigenvalue weighted by molar-refractivity contribution is 6.42. The molecule has 9 heteroatoms. The molecule has 0 bridgehead atoms. The number of hydrogen-bond acceptors (Lipinski definition) is 5. The maximum atomic E-state index is 13.2. The van der Waals surface area contributed by atoms with Crippen molar-refractivity contribution in [2.24, 2.45) is 0 Å². The highest BCUT2D eigenvalue weighted by Gasteiger charge is 2.29. The van der Waals surface area contributed by atoms with Crippen LogP contribution in [0.3, 0.4) is 0 Å². The molecule has 0 aliphatic carbocycles. The van der Waals surface area contributed by atoms with Crippen molar-refractivity contribution in [2.75, 3.05) is 19.0 Å². The molecule has 0 aliphatic heterocycles. The lowest BCUT2D eigenvalue weighted by atomic mass is 10.1. The first kappa shape index (κ1) is 27.3. The maximum Gasteiger partial charge on any atom is 0.375 e. The molecular weight excluding hydrogens is 479 g/mol. The average Bonchev–Trinajstić information content (AvgIpc) is 2.78. The van der Waals surface area contributed by atoms with Gasteiger partial charge in [-0.25, -0.2) is 4.79 Å². The van der Waals surface area contributed by atoms with Gasteiger partial charge in [0.1, 0.15) is 5.60 Å². The van der Waals surface area contributed by atoms with Crippen molar-refractivity contribution >= 4 is 52.5 Å². The first-order valence-electron chi connectivity index (χ1n) is 10.7. The Morgan fingerprint density at radius 3 is 2.24 bits per heavy atom. The van der Waals surface area contributed by atoms with E-state index < -0.39 is 29.7 Å². The number of nitrogens with zero attached hydrogens (tertiary/aromatic N) is 2. The Hall–Kier alpha value is -2.90. The van der Waals surface area contributed by atoms with Crippen LogP contribution >= 0.6 is 23.2 Å².